The first-order valence-corrected chi connectivity index (χ1v) is 13.9. The van der Waals surface area contributed by atoms with E-state index in [4.69, 9.17) is 14.3 Å². The Morgan fingerprint density at radius 2 is 1.63 bits per heavy atom. The molecule has 1 fully saturated rings. The third kappa shape index (κ3) is 6.75. The zero-order valence-electron chi connectivity index (χ0n) is 23.0. The number of carboxylic acids is 1. The second kappa shape index (κ2) is 13.0. The molecular formula is C32H34N2O7. The summed E-state index contributed by atoms with van der Waals surface area (Å²) in [6, 6.07) is 21.8. The van der Waals surface area contributed by atoms with Crippen molar-refractivity contribution in [2.24, 2.45) is 0 Å². The van der Waals surface area contributed by atoms with E-state index in [-0.39, 0.29) is 24.9 Å². The largest absolute Gasteiger partial charge is 0.480 e. The monoisotopic (exact) mass is 558 g/mol. The minimum atomic E-state index is -1.14. The van der Waals surface area contributed by atoms with E-state index in [2.05, 4.69) is 17.4 Å². The maximum absolute atomic E-state index is 12.7. The van der Waals surface area contributed by atoms with E-state index in [1.807, 2.05) is 36.4 Å². The van der Waals surface area contributed by atoms with Crippen molar-refractivity contribution in [3.8, 4) is 11.1 Å². The molecule has 0 radical (unpaired) electrons. The number of rotatable bonds is 10. The number of ether oxygens (including phenoxy) is 2. The van der Waals surface area contributed by atoms with Crippen LogP contribution in [0.1, 0.15) is 58.6 Å². The van der Waals surface area contributed by atoms with E-state index in [0.29, 0.717) is 18.6 Å². The molecule has 3 aromatic carbocycles. The molecule has 1 heterocycles. The van der Waals surface area contributed by atoms with Gasteiger partial charge in [-0.3, -0.25) is 4.79 Å². The predicted molar refractivity (Wildman–Crippen MR) is 151 cm³/mol. The molecule has 0 spiro atoms. The Kier molecular flexibility index (Phi) is 8.96. The number of hydrogen-bond acceptors (Lipinski definition) is 6. The first-order valence-electron chi connectivity index (χ1n) is 13.9. The van der Waals surface area contributed by atoms with Crippen molar-refractivity contribution in [1.29, 1.82) is 0 Å². The molecule has 2 unspecified atom stereocenters. The molecule has 9 nitrogen and oxygen atoms in total. The number of carbonyl (C=O) groups is 3. The molecule has 9 heteroatoms. The third-order valence-corrected chi connectivity index (χ3v) is 7.56. The third-order valence-electron chi connectivity index (χ3n) is 7.56. The van der Waals surface area contributed by atoms with Crippen molar-refractivity contribution >= 4 is 18.0 Å². The zero-order chi connectivity index (χ0) is 28.8. The molecule has 0 bridgehead atoms. The van der Waals surface area contributed by atoms with Crippen LogP contribution in [0.3, 0.4) is 0 Å². The van der Waals surface area contributed by atoms with Gasteiger partial charge >= 0.3 is 12.1 Å². The van der Waals surface area contributed by atoms with Crippen LogP contribution in [-0.2, 0) is 25.5 Å². The number of alkyl carbamates (subject to hydrolysis) is 1. The number of aliphatic carboxylic acids is 1. The van der Waals surface area contributed by atoms with Gasteiger partial charge in [0.1, 0.15) is 12.6 Å². The van der Waals surface area contributed by atoms with Gasteiger partial charge in [-0.25, -0.2) is 19.5 Å². The molecule has 3 aromatic rings. The van der Waals surface area contributed by atoms with Gasteiger partial charge < -0.3 is 19.9 Å². The van der Waals surface area contributed by atoms with Crippen LogP contribution in [0.5, 0.6) is 0 Å². The fourth-order valence-electron chi connectivity index (χ4n) is 5.37. The Morgan fingerprint density at radius 3 is 2.24 bits per heavy atom. The molecule has 1 aliphatic carbocycles. The van der Waals surface area contributed by atoms with E-state index in [1.54, 1.807) is 31.3 Å². The van der Waals surface area contributed by atoms with Crippen molar-refractivity contribution in [2.45, 2.75) is 50.4 Å². The number of fused-ring (bicyclic) bond motifs is 3. The Balaban J connectivity index is 1.12. The van der Waals surface area contributed by atoms with E-state index < -0.39 is 24.4 Å². The van der Waals surface area contributed by atoms with Crippen molar-refractivity contribution in [1.82, 2.24) is 10.4 Å². The highest BCUT2D eigenvalue weighted by Crippen LogP contribution is 2.44. The first kappa shape index (κ1) is 28.3. The summed E-state index contributed by atoms with van der Waals surface area (Å²) in [5.74, 6) is -1.56. The lowest BCUT2D eigenvalue weighted by molar-refractivity contribution is -0.258. The normalized spacial score (nSPS) is 16.8. The lowest BCUT2D eigenvalue weighted by Gasteiger charge is -2.27. The van der Waals surface area contributed by atoms with E-state index >= 15 is 0 Å². The van der Waals surface area contributed by atoms with Crippen molar-refractivity contribution in [3.63, 3.8) is 0 Å². The van der Waals surface area contributed by atoms with E-state index in [0.717, 1.165) is 47.1 Å². The Bertz CT molecular complexity index is 1340. The average molecular weight is 559 g/mol. The predicted octanol–water partition coefficient (Wildman–Crippen LogP) is 5.14. The van der Waals surface area contributed by atoms with Crippen LogP contribution < -0.4 is 5.32 Å². The summed E-state index contributed by atoms with van der Waals surface area (Å²) in [4.78, 5) is 42.8. The number of hydroxylamine groups is 2. The van der Waals surface area contributed by atoms with E-state index in [1.165, 1.54) is 5.06 Å². The van der Waals surface area contributed by atoms with Crippen molar-refractivity contribution in [2.75, 3.05) is 20.3 Å². The summed E-state index contributed by atoms with van der Waals surface area (Å²) in [6.45, 7) is 0.724. The topological polar surface area (TPSA) is 114 Å². The standard InChI is InChI=1S/C32H34N2O7/c1-34(41-29-12-6-7-19-39-29)30(35)22-16-13-21(14-17-22)15-18-28(31(36)37)33-32(38)40-20-27-25-10-4-2-8-23(25)24-9-3-5-11-26(24)27/h2-5,8-11,13-14,16-17,27-29H,6-7,12,15,18-20H2,1H3,(H,33,38)(H,36,37). The van der Waals surface area contributed by atoms with Gasteiger partial charge in [0.15, 0.2) is 6.29 Å². The van der Waals surface area contributed by atoms with Crippen molar-refractivity contribution in [3.05, 3.63) is 95.1 Å². The lowest BCUT2D eigenvalue weighted by atomic mass is 9.98. The fourth-order valence-corrected chi connectivity index (χ4v) is 5.37. The molecule has 0 saturated carbocycles. The quantitative estimate of drug-likeness (QED) is 0.331. The Hall–Kier alpha value is -4.21. The number of amides is 2. The summed E-state index contributed by atoms with van der Waals surface area (Å²) in [7, 11) is 1.56. The maximum Gasteiger partial charge on any atom is 0.407 e. The SMILES string of the molecule is CN(OC1CCCCO1)C(=O)c1ccc(CCC(NC(=O)OCC2c3ccccc3-c3ccccc32)C(=O)O)cc1. The molecule has 2 aliphatic rings. The van der Waals surface area contributed by atoms with Crippen LogP contribution in [0, 0.1) is 0 Å². The molecule has 41 heavy (non-hydrogen) atoms. The molecule has 1 saturated heterocycles. The van der Waals surface area contributed by atoms with Gasteiger partial charge in [-0.05, 0) is 65.6 Å². The summed E-state index contributed by atoms with van der Waals surface area (Å²) < 4.78 is 11.0. The highest BCUT2D eigenvalue weighted by Gasteiger charge is 2.30. The van der Waals surface area contributed by atoms with Gasteiger partial charge in [0.2, 0.25) is 0 Å². The summed E-state index contributed by atoms with van der Waals surface area (Å²) in [6.07, 6.45) is 2.08. The number of hydrogen-bond donors (Lipinski definition) is 2. The molecule has 2 amide bonds. The van der Waals surface area contributed by atoms with Gasteiger partial charge in [0.05, 0.1) is 0 Å². The van der Waals surface area contributed by atoms with Gasteiger partial charge in [-0.1, -0.05) is 60.7 Å². The van der Waals surface area contributed by atoms with Gasteiger partial charge in [0.25, 0.3) is 5.91 Å². The number of aryl methyl sites for hydroxylation is 1. The zero-order valence-corrected chi connectivity index (χ0v) is 23.0. The maximum atomic E-state index is 12.7. The first-order chi connectivity index (χ1) is 19.9. The molecule has 2 N–H and O–H groups in total. The Morgan fingerprint density at radius 1 is 0.976 bits per heavy atom. The highest BCUT2D eigenvalue weighted by atomic mass is 16.8. The van der Waals surface area contributed by atoms with Crippen LogP contribution in [0.2, 0.25) is 0 Å². The number of carbonyl (C=O) groups excluding carboxylic acids is 2. The van der Waals surface area contributed by atoms with Crippen molar-refractivity contribution < 1.29 is 33.8 Å². The van der Waals surface area contributed by atoms with Crippen LogP contribution in [0.15, 0.2) is 72.8 Å². The average Bonchev–Trinajstić information content (AvgIpc) is 3.32. The molecule has 2 atom stereocenters. The van der Waals surface area contributed by atoms with Crippen LogP contribution in [0.4, 0.5) is 4.79 Å². The lowest BCUT2D eigenvalue weighted by Crippen LogP contribution is -2.41. The van der Waals surface area contributed by atoms with Gasteiger partial charge in [-0.2, -0.15) is 0 Å². The summed E-state index contributed by atoms with van der Waals surface area (Å²) >= 11 is 0. The highest BCUT2D eigenvalue weighted by molar-refractivity contribution is 5.93. The van der Waals surface area contributed by atoms with Gasteiger partial charge in [0, 0.05) is 31.6 Å². The number of nitrogens with one attached hydrogen (secondary N) is 1. The molecule has 5 rings (SSSR count). The molecular weight excluding hydrogens is 524 g/mol. The number of carboxylic acid groups (broad SMARTS) is 1. The minimum absolute atomic E-state index is 0.104. The number of nitrogens with zero attached hydrogens (tertiary/aromatic N) is 1. The smallest absolute Gasteiger partial charge is 0.407 e. The van der Waals surface area contributed by atoms with E-state index in [9.17, 15) is 19.5 Å². The second-order valence-corrected chi connectivity index (χ2v) is 10.3. The van der Waals surface area contributed by atoms with Crippen LogP contribution in [0.25, 0.3) is 11.1 Å². The summed E-state index contributed by atoms with van der Waals surface area (Å²) in [5, 5.41) is 13.4. The fraction of sp³-hybridized carbons (Fsp3) is 0.344. The molecule has 1 aliphatic heterocycles. The van der Waals surface area contributed by atoms with Gasteiger partial charge in [-0.15, -0.1) is 0 Å². The number of benzene rings is 3. The molecule has 0 aromatic heterocycles. The minimum Gasteiger partial charge on any atom is -0.480 e. The van der Waals surface area contributed by atoms with Crippen LogP contribution >= 0.6 is 0 Å². The molecule has 214 valence electrons. The Labute approximate surface area is 239 Å². The second-order valence-electron chi connectivity index (χ2n) is 10.3. The van der Waals surface area contributed by atoms with Crippen LogP contribution in [-0.4, -0.2) is 60.7 Å². The summed E-state index contributed by atoms with van der Waals surface area (Å²) in [5.41, 5.74) is 5.67.